The average molecular weight is 482 g/mol. The third-order valence-corrected chi connectivity index (χ3v) is 6.41. The second-order valence-electron chi connectivity index (χ2n) is 8.90. The fourth-order valence-electron chi connectivity index (χ4n) is 4.56. The van der Waals surface area contributed by atoms with Crippen LogP contribution in [0.2, 0.25) is 0 Å². The summed E-state index contributed by atoms with van der Waals surface area (Å²) in [5, 5.41) is 6.35. The third-order valence-electron chi connectivity index (χ3n) is 6.41. The van der Waals surface area contributed by atoms with E-state index in [1.807, 2.05) is 36.3 Å². The Balaban J connectivity index is 1.73. The van der Waals surface area contributed by atoms with Crippen molar-refractivity contribution in [3.05, 3.63) is 108 Å². The van der Waals surface area contributed by atoms with Crippen LogP contribution >= 0.6 is 0 Å². The minimum atomic E-state index is -0.383. The van der Waals surface area contributed by atoms with Crippen LogP contribution in [0.5, 0.6) is 0 Å². The van der Waals surface area contributed by atoms with E-state index in [9.17, 15) is 4.79 Å². The Kier molecular flexibility index (Phi) is 7.81. The summed E-state index contributed by atoms with van der Waals surface area (Å²) in [6.45, 7) is 11.6. The van der Waals surface area contributed by atoms with Crippen molar-refractivity contribution in [3.63, 3.8) is 0 Å². The van der Waals surface area contributed by atoms with Crippen molar-refractivity contribution in [1.29, 1.82) is 0 Å². The van der Waals surface area contributed by atoms with Gasteiger partial charge in [0, 0.05) is 36.0 Å². The van der Waals surface area contributed by atoms with Crippen LogP contribution in [0.1, 0.15) is 30.0 Å². The number of halogens is 1. The van der Waals surface area contributed by atoms with E-state index in [0.29, 0.717) is 41.1 Å². The molecule has 1 aliphatic heterocycles. The van der Waals surface area contributed by atoms with Crippen LogP contribution in [-0.4, -0.2) is 25.9 Å². The fraction of sp³-hybridized carbons (Fsp3) is 0.194. The monoisotopic (exact) mass is 481 g/mol. The normalized spacial score (nSPS) is 12.7. The van der Waals surface area contributed by atoms with Crippen LogP contribution in [-0.2, 0) is 11.3 Å². The van der Waals surface area contributed by atoms with E-state index in [-0.39, 0.29) is 11.6 Å². The van der Waals surface area contributed by atoms with Gasteiger partial charge in [-0.25, -0.2) is 4.39 Å². The third kappa shape index (κ3) is 5.16. The number of Topliss-reactive ketones (excluding diaryl/α,β-unsaturated/α-hetero) is 1. The molecule has 0 aromatic heterocycles. The number of hydrogen-bond acceptors (Lipinski definition) is 4. The molecule has 0 aliphatic carbocycles. The van der Waals surface area contributed by atoms with E-state index < -0.39 is 0 Å². The smallest absolute Gasteiger partial charge is 0.161 e. The first-order valence-electron chi connectivity index (χ1n) is 12.2. The maximum Gasteiger partial charge on any atom is 0.161 e. The Morgan fingerprint density at radius 2 is 1.75 bits per heavy atom. The topological polar surface area (TPSA) is 44.4 Å². The van der Waals surface area contributed by atoms with Crippen LogP contribution in [0.15, 0.2) is 85.6 Å². The van der Waals surface area contributed by atoms with Crippen molar-refractivity contribution in [2.24, 2.45) is 0 Å². The summed E-state index contributed by atoms with van der Waals surface area (Å²) < 4.78 is 15.3. The van der Waals surface area contributed by atoms with Crippen LogP contribution in [0.4, 0.5) is 15.8 Å². The highest BCUT2D eigenvalue weighted by molar-refractivity contribution is 6.12. The molecule has 0 unspecified atom stereocenters. The van der Waals surface area contributed by atoms with Gasteiger partial charge in [-0.3, -0.25) is 4.79 Å². The van der Waals surface area contributed by atoms with Gasteiger partial charge in [0.2, 0.25) is 0 Å². The lowest BCUT2D eigenvalue weighted by molar-refractivity contribution is -0.113. The second kappa shape index (κ2) is 11.2. The molecule has 4 nitrogen and oxygen atoms in total. The minimum absolute atomic E-state index is 0.107. The molecule has 0 atom stereocenters. The summed E-state index contributed by atoms with van der Waals surface area (Å²) in [7, 11) is 1.89. The summed E-state index contributed by atoms with van der Waals surface area (Å²) in [4.78, 5) is 14.4. The molecule has 36 heavy (non-hydrogen) atoms. The van der Waals surface area contributed by atoms with E-state index in [0.717, 1.165) is 35.3 Å². The van der Waals surface area contributed by atoms with Gasteiger partial charge in [0.1, 0.15) is 5.82 Å². The average Bonchev–Trinajstić information content (AvgIpc) is 2.89. The molecular weight excluding hydrogens is 449 g/mol. The van der Waals surface area contributed by atoms with Gasteiger partial charge in [-0.2, -0.15) is 0 Å². The number of allylic oxidation sites excluding steroid dienone is 2. The molecule has 2 N–H and O–H groups in total. The van der Waals surface area contributed by atoms with Gasteiger partial charge in [0.25, 0.3) is 0 Å². The predicted molar refractivity (Wildman–Crippen MR) is 149 cm³/mol. The molecule has 0 bridgehead atoms. The molecule has 3 aromatic carbocycles. The Morgan fingerprint density at radius 3 is 2.39 bits per heavy atom. The van der Waals surface area contributed by atoms with Crippen LogP contribution in [0, 0.1) is 5.82 Å². The standard InChI is InChI=1S/C31H32FN3O/c1-5-26-30(34-17-9-16-33-4)29(32)18-27-21(2)28(22(3)36)20-35(31(26)27)19-23-12-14-25(15-13-23)24-10-7-6-8-11-24/h5-8,10-15,18,20,33-34H,1-2,9,16-17,19H2,3-4H3. The summed E-state index contributed by atoms with van der Waals surface area (Å²) in [6.07, 6.45) is 4.35. The van der Waals surface area contributed by atoms with Gasteiger partial charge in [0.15, 0.2) is 5.78 Å². The largest absolute Gasteiger partial charge is 0.382 e. The summed E-state index contributed by atoms with van der Waals surface area (Å²) >= 11 is 0. The molecule has 0 saturated heterocycles. The molecular formula is C31H32FN3O. The zero-order valence-electron chi connectivity index (χ0n) is 20.9. The molecule has 0 saturated carbocycles. The van der Waals surface area contributed by atoms with Crippen molar-refractivity contribution >= 4 is 28.8 Å². The Labute approximate surface area is 212 Å². The van der Waals surface area contributed by atoms with E-state index in [2.05, 4.69) is 60.2 Å². The highest BCUT2D eigenvalue weighted by Crippen LogP contribution is 2.44. The number of benzene rings is 3. The molecule has 4 rings (SSSR count). The zero-order chi connectivity index (χ0) is 25.7. The highest BCUT2D eigenvalue weighted by atomic mass is 19.1. The first-order chi connectivity index (χ1) is 17.4. The molecule has 1 aliphatic rings. The number of fused-ring (bicyclic) bond motifs is 1. The Hall–Kier alpha value is -3.96. The van der Waals surface area contributed by atoms with Crippen molar-refractivity contribution in [2.45, 2.75) is 19.9 Å². The second-order valence-corrected chi connectivity index (χ2v) is 8.90. The van der Waals surface area contributed by atoms with E-state index in [4.69, 9.17) is 0 Å². The van der Waals surface area contributed by atoms with E-state index >= 15 is 4.39 Å². The number of nitrogens with zero attached hydrogens (tertiary/aromatic N) is 1. The first kappa shape index (κ1) is 25.1. The van der Waals surface area contributed by atoms with Gasteiger partial charge in [-0.15, -0.1) is 0 Å². The summed E-state index contributed by atoms with van der Waals surface area (Å²) in [5.41, 5.74) is 6.84. The first-order valence-corrected chi connectivity index (χ1v) is 12.2. The van der Waals surface area contributed by atoms with Crippen molar-refractivity contribution in [3.8, 4) is 11.1 Å². The summed E-state index contributed by atoms with van der Waals surface area (Å²) in [6, 6.07) is 20.1. The summed E-state index contributed by atoms with van der Waals surface area (Å²) in [5.74, 6) is -0.490. The van der Waals surface area contributed by atoms with Gasteiger partial charge < -0.3 is 15.5 Å². The van der Waals surface area contributed by atoms with Crippen molar-refractivity contribution < 1.29 is 9.18 Å². The number of rotatable bonds is 10. The van der Waals surface area contributed by atoms with Gasteiger partial charge in [0.05, 0.1) is 11.4 Å². The number of carbonyl (C=O) groups excluding carboxylic acids is 1. The number of hydrogen-bond donors (Lipinski definition) is 2. The lowest BCUT2D eigenvalue weighted by Gasteiger charge is -2.33. The number of anilines is 2. The molecule has 1 heterocycles. The maximum atomic E-state index is 15.3. The van der Waals surface area contributed by atoms with Crippen molar-refractivity contribution in [2.75, 3.05) is 30.4 Å². The number of ketones is 1. The maximum absolute atomic E-state index is 15.3. The Morgan fingerprint density at radius 1 is 1.06 bits per heavy atom. The van der Waals surface area contributed by atoms with Crippen LogP contribution in [0.3, 0.4) is 0 Å². The fourth-order valence-corrected chi connectivity index (χ4v) is 4.56. The van der Waals surface area contributed by atoms with Crippen molar-refractivity contribution in [1.82, 2.24) is 5.32 Å². The predicted octanol–water partition coefficient (Wildman–Crippen LogP) is 6.66. The van der Waals surface area contributed by atoms with Gasteiger partial charge in [-0.05, 0) is 55.3 Å². The van der Waals surface area contributed by atoms with Crippen LogP contribution in [0.25, 0.3) is 22.8 Å². The molecule has 0 spiro atoms. The molecule has 5 heteroatoms. The van der Waals surface area contributed by atoms with E-state index in [1.54, 1.807) is 6.08 Å². The van der Waals surface area contributed by atoms with Gasteiger partial charge in [-0.1, -0.05) is 73.8 Å². The molecule has 0 amide bonds. The lowest BCUT2D eigenvalue weighted by atomic mass is 9.89. The quantitative estimate of drug-likeness (QED) is 0.318. The molecule has 0 radical (unpaired) electrons. The number of carbonyl (C=O) groups is 1. The molecule has 3 aromatic rings. The number of nitrogens with one attached hydrogen (secondary N) is 2. The highest BCUT2D eigenvalue weighted by Gasteiger charge is 2.28. The van der Waals surface area contributed by atoms with Gasteiger partial charge >= 0.3 is 0 Å². The van der Waals surface area contributed by atoms with Crippen LogP contribution < -0.4 is 15.5 Å². The molecule has 0 fully saturated rings. The minimum Gasteiger partial charge on any atom is -0.382 e. The molecule has 184 valence electrons. The zero-order valence-corrected chi connectivity index (χ0v) is 20.9. The Bertz CT molecular complexity index is 1310. The van der Waals surface area contributed by atoms with E-state index in [1.165, 1.54) is 13.0 Å². The SMILES string of the molecule is C=Cc1c(NCCCNC)c(F)cc2c1N(Cc1ccc(-c3ccccc3)cc1)C=C(C(C)=O)C2=C. The lowest BCUT2D eigenvalue weighted by Crippen LogP contribution is -2.25.